The molecule has 1 unspecified atom stereocenters. The summed E-state index contributed by atoms with van der Waals surface area (Å²) in [7, 11) is 0. The second-order valence-electron chi connectivity index (χ2n) is 4.31. The number of benzene rings is 2. The molecule has 1 nitrogen and oxygen atoms in total. The maximum Gasteiger partial charge on any atom is 0.139 e. The molecule has 0 aliphatic carbocycles. The molecule has 0 radical (unpaired) electrons. The summed E-state index contributed by atoms with van der Waals surface area (Å²) >= 11 is 7.05. The molecule has 94 valence electrons. The summed E-state index contributed by atoms with van der Waals surface area (Å²) in [5, 5.41) is 3.57. The van der Waals surface area contributed by atoms with Crippen LogP contribution in [0.4, 0.5) is 0 Å². The van der Waals surface area contributed by atoms with Gasteiger partial charge in [-0.3, -0.25) is 0 Å². The lowest BCUT2D eigenvalue weighted by atomic mass is 10.1. The first-order valence-electron chi connectivity index (χ1n) is 6.13. The predicted molar refractivity (Wildman–Crippen MR) is 86.9 cm³/mol. The molecule has 1 heterocycles. The molecule has 0 fully saturated rings. The standard InChI is InChI=1S/C16H13NS2/c18-16-17-14(12-7-3-1-4-8-12)11-15(19-16)13-9-5-2-6-10-13/h1-11,15H,(H,17,18). The van der Waals surface area contributed by atoms with Gasteiger partial charge < -0.3 is 5.32 Å². The molecule has 1 aliphatic rings. The molecule has 1 N–H and O–H groups in total. The van der Waals surface area contributed by atoms with E-state index < -0.39 is 0 Å². The lowest BCUT2D eigenvalue weighted by Crippen LogP contribution is -2.22. The van der Waals surface area contributed by atoms with Crippen molar-refractivity contribution in [2.45, 2.75) is 5.25 Å². The summed E-state index contributed by atoms with van der Waals surface area (Å²) in [4.78, 5) is 0. The van der Waals surface area contributed by atoms with Crippen LogP contribution in [0.3, 0.4) is 0 Å². The SMILES string of the molecule is S=C1NC(c2ccccc2)=CC(c2ccccc2)S1. The Morgan fingerprint density at radius 2 is 1.53 bits per heavy atom. The Morgan fingerprint density at radius 3 is 2.21 bits per heavy atom. The zero-order valence-electron chi connectivity index (χ0n) is 10.2. The minimum absolute atomic E-state index is 0.283. The van der Waals surface area contributed by atoms with E-state index in [2.05, 4.69) is 47.8 Å². The second-order valence-corrected chi connectivity index (χ2v) is 6.13. The molecule has 0 amide bonds. The third-order valence-corrected chi connectivity index (χ3v) is 4.37. The van der Waals surface area contributed by atoms with Crippen LogP contribution in [0.25, 0.3) is 5.70 Å². The van der Waals surface area contributed by atoms with Crippen molar-refractivity contribution >= 4 is 34.0 Å². The Bertz CT molecular complexity index is 605. The van der Waals surface area contributed by atoms with Crippen molar-refractivity contribution in [3.63, 3.8) is 0 Å². The highest BCUT2D eigenvalue weighted by atomic mass is 32.2. The highest BCUT2D eigenvalue weighted by molar-refractivity contribution is 8.23. The molecule has 0 aromatic heterocycles. The first-order valence-corrected chi connectivity index (χ1v) is 7.41. The first kappa shape index (κ1) is 12.5. The first-order chi connectivity index (χ1) is 9.33. The van der Waals surface area contributed by atoms with E-state index in [4.69, 9.17) is 12.2 Å². The van der Waals surface area contributed by atoms with Gasteiger partial charge in [0.25, 0.3) is 0 Å². The van der Waals surface area contributed by atoms with Crippen LogP contribution in [-0.4, -0.2) is 4.32 Å². The Hall–Kier alpha value is -1.58. The molecule has 3 rings (SSSR count). The number of hydrogen-bond acceptors (Lipinski definition) is 2. The van der Waals surface area contributed by atoms with Gasteiger partial charge >= 0.3 is 0 Å². The van der Waals surface area contributed by atoms with Crippen molar-refractivity contribution in [2.24, 2.45) is 0 Å². The van der Waals surface area contributed by atoms with Crippen molar-refractivity contribution in [3.05, 3.63) is 77.9 Å². The van der Waals surface area contributed by atoms with Crippen LogP contribution in [0.2, 0.25) is 0 Å². The zero-order valence-corrected chi connectivity index (χ0v) is 11.9. The van der Waals surface area contributed by atoms with Crippen molar-refractivity contribution in [1.29, 1.82) is 0 Å². The average molecular weight is 283 g/mol. The van der Waals surface area contributed by atoms with Gasteiger partial charge in [-0.1, -0.05) is 84.6 Å². The number of nitrogens with one attached hydrogen (secondary N) is 1. The van der Waals surface area contributed by atoms with Crippen molar-refractivity contribution in [1.82, 2.24) is 5.32 Å². The summed E-state index contributed by atoms with van der Waals surface area (Å²) in [6.07, 6.45) is 2.24. The average Bonchev–Trinajstić information content (AvgIpc) is 2.48. The van der Waals surface area contributed by atoms with Crippen LogP contribution in [0, 0.1) is 0 Å². The third kappa shape index (κ3) is 2.88. The van der Waals surface area contributed by atoms with Crippen LogP contribution >= 0.6 is 24.0 Å². The monoisotopic (exact) mass is 283 g/mol. The lowest BCUT2D eigenvalue weighted by molar-refractivity contribution is 1.19. The predicted octanol–water partition coefficient (Wildman–Crippen LogP) is 4.39. The Morgan fingerprint density at radius 1 is 0.895 bits per heavy atom. The summed E-state index contributed by atoms with van der Waals surface area (Å²) in [5.74, 6) is 0. The van der Waals surface area contributed by atoms with Gasteiger partial charge in [-0.15, -0.1) is 0 Å². The fraction of sp³-hybridized carbons (Fsp3) is 0.0625. The van der Waals surface area contributed by atoms with Gasteiger partial charge in [-0.05, 0) is 17.2 Å². The van der Waals surface area contributed by atoms with Crippen molar-refractivity contribution < 1.29 is 0 Å². The Kier molecular flexibility index (Phi) is 3.67. The molecule has 0 spiro atoms. The molecule has 1 aliphatic heterocycles. The minimum atomic E-state index is 0.283. The number of thiocarbonyl (C=S) groups is 1. The molecular formula is C16H13NS2. The molecule has 2 aromatic carbocycles. The fourth-order valence-electron chi connectivity index (χ4n) is 2.07. The van der Waals surface area contributed by atoms with E-state index in [0.717, 1.165) is 10.0 Å². The zero-order chi connectivity index (χ0) is 13.1. The van der Waals surface area contributed by atoms with Crippen LogP contribution in [0.5, 0.6) is 0 Å². The highest BCUT2D eigenvalue weighted by Gasteiger charge is 2.19. The maximum absolute atomic E-state index is 5.37. The summed E-state index contributed by atoms with van der Waals surface area (Å²) in [6, 6.07) is 20.8. The van der Waals surface area contributed by atoms with Crippen LogP contribution in [0.1, 0.15) is 16.4 Å². The van der Waals surface area contributed by atoms with E-state index in [0.29, 0.717) is 0 Å². The van der Waals surface area contributed by atoms with Gasteiger partial charge in [-0.2, -0.15) is 0 Å². The summed E-state index contributed by atoms with van der Waals surface area (Å²) < 4.78 is 0.829. The van der Waals surface area contributed by atoms with Gasteiger partial charge in [0.2, 0.25) is 0 Å². The number of thioether (sulfide) groups is 1. The minimum Gasteiger partial charge on any atom is -0.341 e. The van der Waals surface area contributed by atoms with Crippen molar-refractivity contribution in [2.75, 3.05) is 0 Å². The number of hydrogen-bond donors (Lipinski definition) is 1. The molecule has 2 aromatic rings. The van der Waals surface area contributed by atoms with Crippen LogP contribution in [0.15, 0.2) is 66.7 Å². The van der Waals surface area contributed by atoms with Gasteiger partial charge in [0, 0.05) is 5.70 Å². The van der Waals surface area contributed by atoms with E-state index in [1.165, 1.54) is 11.1 Å². The number of rotatable bonds is 2. The quantitative estimate of drug-likeness (QED) is 0.821. The van der Waals surface area contributed by atoms with Crippen LogP contribution < -0.4 is 5.32 Å². The Balaban J connectivity index is 1.97. The van der Waals surface area contributed by atoms with Gasteiger partial charge in [0.1, 0.15) is 4.32 Å². The topological polar surface area (TPSA) is 12.0 Å². The Labute approximate surface area is 122 Å². The van der Waals surface area contributed by atoms with Crippen LogP contribution in [-0.2, 0) is 0 Å². The third-order valence-electron chi connectivity index (χ3n) is 3.00. The molecule has 3 heteroatoms. The molecule has 19 heavy (non-hydrogen) atoms. The molecular weight excluding hydrogens is 270 g/mol. The van der Waals surface area contributed by atoms with Gasteiger partial charge in [0.05, 0.1) is 5.25 Å². The smallest absolute Gasteiger partial charge is 0.139 e. The van der Waals surface area contributed by atoms with E-state index in [9.17, 15) is 0 Å². The van der Waals surface area contributed by atoms with E-state index >= 15 is 0 Å². The highest BCUT2D eigenvalue weighted by Crippen LogP contribution is 2.36. The molecule has 0 saturated heterocycles. The van der Waals surface area contributed by atoms with E-state index in [1.807, 2.05) is 24.3 Å². The normalized spacial score (nSPS) is 18.6. The molecule has 0 bridgehead atoms. The van der Waals surface area contributed by atoms with Crippen molar-refractivity contribution in [3.8, 4) is 0 Å². The fourth-order valence-corrected chi connectivity index (χ4v) is 3.39. The maximum atomic E-state index is 5.37. The van der Waals surface area contributed by atoms with Gasteiger partial charge in [0.15, 0.2) is 0 Å². The van der Waals surface area contributed by atoms with E-state index in [-0.39, 0.29) is 5.25 Å². The lowest BCUT2D eigenvalue weighted by Gasteiger charge is -2.23. The molecule has 1 atom stereocenters. The van der Waals surface area contributed by atoms with E-state index in [1.54, 1.807) is 11.8 Å². The summed E-state index contributed by atoms with van der Waals surface area (Å²) in [5.41, 5.74) is 3.55. The summed E-state index contributed by atoms with van der Waals surface area (Å²) in [6.45, 7) is 0. The van der Waals surface area contributed by atoms with Gasteiger partial charge in [-0.25, -0.2) is 0 Å². The second kappa shape index (κ2) is 5.59. The molecule has 0 saturated carbocycles. The largest absolute Gasteiger partial charge is 0.341 e.